The molecular formula is C8H10F4O2. The van der Waals surface area contributed by atoms with Gasteiger partial charge < -0.3 is 5.11 Å². The molecule has 0 spiro atoms. The van der Waals surface area contributed by atoms with Gasteiger partial charge in [0.05, 0.1) is 11.8 Å². The maximum atomic E-state index is 13.0. The van der Waals surface area contributed by atoms with E-state index in [0.29, 0.717) is 6.42 Å². The molecule has 0 heterocycles. The van der Waals surface area contributed by atoms with Gasteiger partial charge in [-0.15, -0.1) is 0 Å². The van der Waals surface area contributed by atoms with Gasteiger partial charge in [0, 0.05) is 0 Å². The lowest BCUT2D eigenvalue weighted by Crippen LogP contribution is -2.52. The molecule has 0 aromatic carbocycles. The van der Waals surface area contributed by atoms with E-state index in [4.69, 9.17) is 5.11 Å². The summed E-state index contributed by atoms with van der Waals surface area (Å²) in [4.78, 5) is 10.3. The van der Waals surface area contributed by atoms with E-state index < -0.39 is 30.2 Å². The van der Waals surface area contributed by atoms with Crippen LogP contribution >= 0.6 is 0 Å². The lowest BCUT2D eigenvalue weighted by Gasteiger charge is -2.45. The molecule has 0 saturated heterocycles. The first-order chi connectivity index (χ1) is 6.32. The van der Waals surface area contributed by atoms with Crippen LogP contribution in [0.25, 0.3) is 0 Å². The minimum atomic E-state index is -4.19. The quantitative estimate of drug-likeness (QED) is 0.730. The molecule has 1 aliphatic carbocycles. The van der Waals surface area contributed by atoms with Crippen LogP contribution in [0.15, 0.2) is 0 Å². The Kier molecular flexibility index (Phi) is 2.74. The molecular weight excluding hydrogens is 204 g/mol. The van der Waals surface area contributed by atoms with Crippen LogP contribution in [0.4, 0.5) is 17.6 Å². The predicted octanol–water partition coefficient (Wildman–Crippen LogP) is 2.53. The summed E-state index contributed by atoms with van der Waals surface area (Å²) in [6.45, 7) is 0. The van der Waals surface area contributed by atoms with Crippen LogP contribution < -0.4 is 0 Å². The number of carboxylic acids is 1. The Hall–Kier alpha value is -0.810. The van der Waals surface area contributed by atoms with Gasteiger partial charge in [-0.3, -0.25) is 4.79 Å². The topological polar surface area (TPSA) is 37.3 Å². The van der Waals surface area contributed by atoms with Gasteiger partial charge in [0.25, 0.3) is 0 Å². The molecule has 0 aliphatic heterocycles. The lowest BCUT2D eigenvalue weighted by atomic mass is 9.62. The Bertz CT molecular complexity index is 235. The van der Waals surface area contributed by atoms with E-state index in [2.05, 4.69) is 0 Å². The Morgan fingerprint density at radius 1 is 1.43 bits per heavy atom. The van der Waals surface area contributed by atoms with Crippen LogP contribution in [-0.4, -0.2) is 23.4 Å². The third-order valence-electron chi connectivity index (χ3n) is 2.78. The van der Waals surface area contributed by atoms with Crippen molar-refractivity contribution in [3.8, 4) is 0 Å². The van der Waals surface area contributed by atoms with Gasteiger partial charge in [-0.1, -0.05) is 6.42 Å². The Labute approximate surface area is 77.9 Å². The van der Waals surface area contributed by atoms with E-state index in [1.807, 2.05) is 0 Å². The summed E-state index contributed by atoms with van der Waals surface area (Å²) in [5, 5.41) is 8.38. The highest BCUT2D eigenvalue weighted by Gasteiger charge is 2.63. The molecule has 2 nitrogen and oxygen atoms in total. The van der Waals surface area contributed by atoms with Crippen LogP contribution in [0.5, 0.6) is 0 Å². The molecule has 1 N–H and O–H groups in total. The van der Waals surface area contributed by atoms with Gasteiger partial charge in [-0.2, -0.15) is 8.78 Å². The number of aliphatic carboxylic acids is 1. The van der Waals surface area contributed by atoms with E-state index in [0.717, 1.165) is 0 Å². The van der Waals surface area contributed by atoms with Crippen molar-refractivity contribution in [3.63, 3.8) is 0 Å². The fourth-order valence-electron chi connectivity index (χ4n) is 1.75. The first-order valence-electron chi connectivity index (χ1n) is 4.20. The monoisotopic (exact) mass is 214 g/mol. The number of alkyl halides is 4. The van der Waals surface area contributed by atoms with Crippen molar-refractivity contribution >= 4 is 5.97 Å². The molecule has 0 atom stereocenters. The standard InChI is InChI=1S/C8H10F4O2/c9-6(10)8(11,12)7(2-1-3-7)4-5(13)14/h6H,1-4H2,(H,13,14). The number of hydrogen-bond donors (Lipinski definition) is 1. The van der Waals surface area contributed by atoms with Crippen molar-refractivity contribution in [1.82, 2.24) is 0 Å². The minimum absolute atomic E-state index is 0.142. The molecule has 0 unspecified atom stereocenters. The van der Waals surface area contributed by atoms with Crippen LogP contribution in [0.3, 0.4) is 0 Å². The third-order valence-corrected chi connectivity index (χ3v) is 2.78. The molecule has 0 aromatic rings. The summed E-state index contributed by atoms with van der Waals surface area (Å²) in [6, 6.07) is 0. The molecule has 1 saturated carbocycles. The maximum Gasteiger partial charge on any atom is 0.313 e. The average Bonchev–Trinajstić information content (AvgIpc) is 1.95. The Morgan fingerprint density at radius 2 is 1.93 bits per heavy atom. The summed E-state index contributed by atoms with van der Waals surface area (Å²) in [7, 11) is 0. The summed E-state index contributed by atoms with van der Waals surface area (Å²) in [5.74, 6) is -5.64. The van der Waals surface area contributed by atoms with E-state index in [1.165, 1.54) is 0 Å². The van der Waals surface area contributed by atoms with Gasteiger partial charge in [0.1, 0.15) is 0 Å². The normalized spacial score (nSPS) is 20.6. The van der Waals surface area contributed by atoms with Crippen molar-refractivity contribution in [2.75, 3.05) is 0 Å². The van der Waals surface area contributed by atoms with Gasteiger partial charge in [-0.25, -0.2) is 8.78 Å². The van der Waals surface area contributed by atoms with Gasteiger partial charge >= 0.3 is 18.3 Å². The summed E-state index contributed by atoms with van der Waals surface area (Å²) in [5.41, 5.74) is -2.02. The number of carbonyl (C=O) groups is 1. The Balaban J connectivity index is 2.83. The molecule has 0 amide bonds. The van der Waals surface area contributed by atoms with Crippen LogP contribution in [-0.2, 0) is 4.79 Å². The summed E-state index contributed by atoms with van der Waals surface area (Å²) in [6.07, 6.45) is -4.57. The van der Waals surface area contributed by atoms with Crippen molar-refractivity contribution in [3.05, 3.63) is 0 Å². The highest BCUT2D eigenvalue weighted by molar-refractivity contribution is 5.68. The second-order valence-corrected chi connectivity index (χ2v) is 3.63. The molecule has 82 valence electrons. The van der Waals surface area contributed by atoms with E-state index in [-0.39, 0.29) is 12.8 Å². The van der Waals surface area contributed by atoms with Crippen molar-refractivity contribution in [2.45, 2.75) is 38.0 Å². The SMILES string of the molecule is O=C(O)CC1(C(F)(F)C(F)F)CCC1. The van der Waals surface area contributed by atoms with Crippen molar-refractivity contribution in [2.24, 2.45) is 5.41 Å². The zero-order chi connectivity index (χ0) is 11.0. The smallest absolute Gasteiger partial charge is 0.313 e. The Morgan fingerprint density at radius 3 is 2.14 bits per heavy atom. The number of rotatable bonds is 4. The predicted molar refractivity (Wildman–Crippen MR) is 39.5 cm³/mol. The highest BCUT2D eigenvalue weighted by Crippen LogP contribution is 2.56. The molecule has 14 heavy (non-hydrogen) atoms. The fraction of sp³-hybridized carbons (Fsp3) is 0.875. The molecule has 0 radical (unpaired) electrons. The number of halogens is 4. The van der Waals surface area contributed by atoms with Crippen molar-refractivity contribution in [1.29, 1.82) is 0 Å². The molecule has 0 bridgehead atoms. The lowest BCUT2D eigenvalue weighted by molar-refractivity contribution is -0.236. The molecule has 0 aromatic heterocycles. The van der Waals surface area contributed by atoms with E-state index in [9.17, 15) is 22.4 Å². The van der Waals surface area contributed by atoms with E-state index in [1.54, 1.807) is 0 Å². The van der Waals surface area contributed by atoms with Crippen LogP contribution in [0, 0.1) is 5.41 Å². The summed E-state index contributed by atoms with van der Waals surface area (Å²) < 4.78 is 50.1. The van der Waals surface area contributed by atoms with Gasteiger partial charge in [0.2, 0.25) is 0 Å². The zero-order valence-corrected chi connectivity index (χ0v) is 7.27. The van der Waals surface area contributed by atoms with Crippen molar-refractivity contribution < 1.29 is 27.5 Å². The zero-order valence-electron chi connectivity index (χ0n) is 7.27. The second-order valence-electron chi connectivity index (χ2n) is 3.63. The first-order valence-corrected chi connectivity index (χ1v) is 4.20. The molecule has 1 rings (SSSR count). The average molecular weight is 214 g/mol. The fourth-order valence-corrected chi connectivity index (χ4v) is 1.75. The third kappa shape index (κ3) is 1.57. The molecule has 1 fully saturated rings. The first kappa shape index (κ1) is 11.3. The highest BCUT2D eigenvalue weighted by atomic mass is 19.3. The van der Waals surface area contributed by atoms with Gasteiger partial charge in [0.15, 0.2) is 0 Å². The van der Waals surface area contributed by atoms with E-state index >= 15 is 0 Å². The number of hydrogen-bond acceptors (Lipinski definition) is 1. The molecule has 1 aliphatic rings. The number of carboxylic acid groups (broad SMARTS) is 1. The largest absolute Gasteiger partial charge is 0.481 e. The minimum Gasteiger partial charge on any atom is -0.481 e. The maximum absolute atomic E-state index is 13.0. The van der Waals surface area contributed by atoms with Crippen LogP contribution in [0.2, 0.25) is 0 Å². The second kappa shape index (κ2) is 3.40. The molecule has 6 heteroatoms. The van der Waals surface area contributed by atoms with Gasteiger partial charge in [-0.05, 0) is 12.8 Å². The summed E-state index contributed by atoms with van der Waals surface area (Å²) >= 11 is 0. The van der Waals surface area contributed by atoms with Crippen LogP contribution in [0.1, 0.15) is 25.7 Å².